The molecule has 0 saturated heterocycles. The van der Waals surface area contributed by atoms with Gasteiger partial charge in [-0.05, 0) is 22.4 Å². The van der Waals surface area contributed by atoms with Gasteiger partial charge in [-0.15, -0.1) is 10.2 Å². The van der Waals surface area contributed by atoms with Gasteiger partial charge in [0, 0.05) is 11.4 Å². The molecule has 5 heteroatoms. The number of hydrogen-bond acceptors (Lipinski definition) is 5. The average molecular weight is 273 g/mol. The Hall–Kier alpha value is -1.43. The fraction of sp³-hybridized carbons (Fsp3) is 0.0769. The van der Waals surface area contributed by atoms with Gasteiger partial charge in [-0.25, -0.2) is 0 Å². The van der Waals surface area contributed by atoms with Crippen LogP contribution in [0.2, 0.25) is 0 Å². The van der Waals surface area contributed by atoms with Gasteiger partial charge < -0.3 is 5.73 Å². The molecule has 0 aliphatic rings. The molecule has 0 aliphatic heterocycles. The highest BCUT2D eigenvalue weighted by Crippen LogP contribution is 2.35. The van der Waals surface area contributed by atoms with Gasteiger partial charge in [-0.3, -0.25) is 0 Å². The summed E-state index contributed by atoms with van der Waals surface area (Å²) >= 11 is 3.20. The Kier molecular flexibility index (Phi) is 3.27. The number of aromatic nitrogens is 2. The largest absolute Gasteiger partial charge is 0.326 e. The molecule has 3 aromatic rings. The van der Waals surface area contributed by atoms with Crippen molar-refractivity contribution >= 4 is 33.9 Å². The maximum absolute atomic E-state index is 5.77. The van der Waals surface area contributed by atoms with E-state index >= 15 is 0 Å². The minimum atomic E-state index is 0.560. The fourth-order valence-electron chi connectivity index (χ4n) is 1.90. The number of fused-ring (bicyclic) bond motifs is 1. The van der Waals surface area contributed by atoms with Crippen molar-refractivity contribution < 1.29 is 0 Å². The smallest absolute Gasteiger partial charge is 0.178 e. The Labute approximate surface area is 113 Å². The normalized spacial score (nSPS) is 10.9. The lowest BCUT2D eigenvalue weighted by atomic mass is 10.0. The summed E-state index contributed by atoms with van der Waals surface area (Å²) in [6.07, 6.45) is 0. The highest BCUT2D eigenvalue weighted by atomic mass is 32.2. The van der Waals surface area contributed by atoms with Crippen LogP contribution < -0.4 is 5.73 Å². The molecule has 0 bridgehead atoms. The van der Waals surface area contributed by atoms with E-state index in [1.807, 2.05) is 12.1 Å². The Morgan fingerprint density at radius 3 is 2.67 bits per heavy atom. The van der Waals surface area contributed by atoms with Crippen molar-refractivity contribution in [2.75, 3.05) is 0 Å². The molecule has 2 N–H and O–H groups in total. The van der Waals surface area contributed by atoms with Crippen LogP contribution in [0.3, 0.4) is 0 Å². The average Bonchev–Trinajstić information content (AvgIpc) is 2.92. The van der Waals surface area contributed by atoms with Gasteiger partial charge in [0.15, 0.2) is 4.34 Å². The van der Waals surface area contributed by atoms with Crippen molar-refractivity contribution in [2.24, 2.45) is 5.73 Å². The quantitative estimate of drug-likeness (QED) is 0.795. The second-order valence-corrected chi connectivity index (χ2v) is 5.90. The molecule has 0 atom stereocenters. The van der Waals surface area contributed by atoms with Crippen molar-refractivity contribution in [1.82, 2.24) is 10.2 Å². The van der Waals surface area contributed by atoms with Gasteiger partial charge in [-0.2, -0.15) is 0 Å². The van der Waals surface area contributed by atoms with Gasteiger partial charge in [0.25, 0.3) is 0 Å². The number of benzene rings is 2. The number of hydrogen-bond donors (Lipinski definition) is 1. The SMILES string of the molecule is NCc1ccc(Sc2nncs2)c2ccccc12. The molecule has 90 valence electrons. The molecule has 3 rings (SSSR count). The third-order valence-corrected chi connectivity index (χ3v) is 4.59. The second kappa shape index (κ2) is 5.06. The van der Waals surface area contributed by atoms with E-state index in [1.165, 1.54) is 21.2 Å². The molecule has 2 aromatic carbocycles. The Morgan fingerprint density at radius 1 is 1.11 bits per heavy atom. The Morgan fingerprint density at radius 2 is 1.94 bits per heavy atom. The van der Waals surface area contributed by atoms with E-state index in [1.54, 1.807) is 28.6 Å². The molecule has 1 heterocycles. The summed E-state index contributed by atoms with van der Waals surface area (Å²) in [5, 5.41) is 10.4. The Balaban J connectivity index is 2.13. The third-order valence-electron chi connectivity index (χ3n) is 2.73. The van der Waals surface area contributed by atoms with E-state index in [2.05, 4.69) is 34.5 Å². The van der Waals surface area contributed by atoms with Crippen LogP contribution in [0.25, 0.3) is 10.8 Å². The summed E-state index contributed by atoms with van der Waals surface area (Å²) < 4.78 is 0.959. The van der Waals surface area contributed by atoms with Crippen molar-refractivity contribution in [2.45, 2.75) is 15.8 Å². The van der Waals surface area contributed by atoms with Crippen molar-refractivity contribution in [3.8, 4) is 0 Å². The molecule has 18 heavy (non-hydrogen) atoms. The van der Waals surface area contributed by atoms with E-state index in [4.69, 9.17) is 5.73 Å². The van der Waals surface area contributed by atoms with Gasteiger partial charge in [-0.1, -0.05) is 53.4 Å². The van der Waals surface area contributed by atoms with Crippen LogP contribution in [0.5, 0.6) is 0 Å². The molecule has 0 saturated carbocycles. The van der Waals surface area contributed by atoms with E-state index in [9.17, 15) is 0 Å². The fourth-order valence-corrected chi connectivity index (χ4v) is 3.47. The highest BCUT2D eigenvalue weighted by Gasteiger charge is 2.07. The zero-order valence-corrected chi connectivity index (χ0v) is 11.2. The van der Waals surface area contributed by atoms with E-state index in [-0.39, 0.29) is 0 Å². The molecule has 1 aromatic heterocycles. The molecule has 0 spiro atoms. The lowest BCUT2D eigenvalue weighted by Crippen LogP contribution is -1.97. The molecular formula is C13H11N3S2. The van der Waals surface area contributed by atoms with Gasteiger partial charge in [0.05, 0.1) is 0 Å². The summed E-state index contributed by atoms with van der Waals surface area (Å²) in [5.74, 6) is 0. The van der Waals surface area contributed by atoms with Crippen LogP contribution in [-0.2, 0) is 6.54 Å². The maximum Gasteiger partial charge on any atom is 0.178 e. The van der Waals surface area contributed by atoms with E-state index in [0.29, 0.717) is 6.54 Å². The monoisotopic (exact) mass is 273 g/mol. The number of nitrogens with zero attached hydrogens (tertiary/aromatic N) is 2. The first-order valence-electron chi connectivity index (χ1n) is 5.53. The second-order valence-electron chi connectivity index (χ2n) is 3.78. The molecule has 0 aliphatic carbocycles. The van der Waals surface area contributed by atoms with Crippen molar-refractivity contribution in [3.05, 3.63) is 47.5 Å². The summed E-state index contributed by atoms with van der Waals surface area (Å²) in [4.78, 5) is 1.19. The lowest BCUT2D eigenvalue weighted by Gasteiger charge is -2.08. The van der Waals surface area contributed by atoms with Crippen LogP contribution >= 0.6 is 23.1 Å². The minimum Gasteiger partial charge on any atom is -0.326 e. The third kappa shape index (κ3) is 2.12. The summed E-state index contributed by atoms with van der Waals surface area (Å²) in [6.45, 7) is 0.560. The van der Waals surface area contributed by atoms with Crippen LogP contribution in [0.4, 0.5) is 0 Å². The van der Waals surface area contributed by atoms with E-state index < -0.39 is 0 Å². The van der Waals surface area contributed by atoms with Crippen LogP contribution in [0.15, 0.2) is 51.1 Å². The predicted octanol–water partition coefficient (Wildman–Crippen LogP) is 3.30. The Bertz CT molecular complexity index is 665. The summed E-state index contributed by atoms with van der Waals surface area (Å²) in [5.41, 5.74) is 8.70. The molecule has 0 fully saturated rings. The lowest BCUT2D eigenvalue weighted by molar-refractivity contribution is 1.01. The first-order valence-corrected chi connectivity index (χ1v) is 7.23. The van der Waals surface area contributed by atoms with Gasteiger partial charge in [0.1, 0.15) is 5.51 Å². The van der Waals surface area contributed by atoms with Crippen LogP contribution in [0, 0.1) is 0 Å². The molecular weight excluding hydrogens is 262 g/mol. The zero-order chi connectivity index (χ0) is 12.4. The topological polar surface area (TPSA) is 51.8 Å². The number of nitrogens with two attached hydrogens (primary N) is 1. The minimum absolute atomic E-state index is 0.560. The molecule has 3 nitrogen and oxygen atoms in total. The van der Waals surface area contributed by atoms with E-state index in [0.717, 1.165) is 4.34 Å². The van der Waals surface area contributed by atoms with Gasteiger partial charge >= 0.3 is 0 Å². The maximum atomic E-state index is 5.77. The summed E-state index contributed by atoms with van der Waals surface area (Å²) in [6, 6.07) is 12.5. The van der Waals surface area contributed by atoms with Gasteiger partial charge in [0.2, 0.25) is 0 Å². The first-order chi connectivity index (χ1) is 8.88. The van der Waals surface area contributed by atoms with Crippen molar-refractivity contribution in [3.63, 3.8) is 0 Å². The highest BCUT2D eigenvalue weighted by molar-refractivity contribution is 8.01. The molecule has 0 amide bonds. The summed E-state index contributed by atoms with van der Waals surface area (Å²) in [7, 11) is 0. The molecule has 0 unspecified atom stereocenters. The van der Waals surface area contributed by atoms with Crippen molar-refractivity contribution in [1.29, 1.82) is 0 Å². The predicted molar refractivity (Wildman–Crippen MR) is 75.9 cm³/mol. The van der Waals surface area contributed by atoms with Crippen LogP contribution in [0.1, 0.15) is 5.56 Å². The van der Waals surface area contributed by atoms with Crippen LogP contribution in [-0.4, -0.2) is 10.2 Å². The number of rotatable bonds is 3. The zero-order valence-electron chi connectivity index (χ0n) is 9.54. The molecule has 0 radical (unpaired) electrons. The standard InChI is InChI=1S/C13H11N3S2/c14-7-9-5-6-12(18-13-16-15-8-17-13)11-4-2-1-3-10(9)11/h1-6,8H,7,14H2. The first kappa shape index (κ1) is 11.6.